The van der Waals surface area contributed by atoms with Crippen LogP contribution in [0, 0.1) is 11.3 Å². The van der Waals surface area contributed by atoms with Gasteiger partial charge in [-0.1, -0.05) is 72.9 Å². The van der Waals surface area contributed by atoms with Gasteiger partial charge in [0.2, 0.25) is 0 Å². The van der Waals surface area contributed by atoms with Gasteiger partial charge < -0.3 is 5.32 Å². The summed E-state index contributed by atoms with van der Waals surface area (Å²) in [6.07, 6.45) is 3.21. The fraction of sp³-hybridized carbons (Fsp3) is 0.200. The van der Waals surface area contributed by atoms with Crippen molar-refractivity contribution in [1.29, 1.82) is 5.26 Å². The highest BCUT2D eigenvalue weighted by Crippen LogP contribution is 2.24. The zero-order chi connectivity index (χ0) is 18.2. The molecule has 2 aromatic rings. The summed E-state index contributed by atoms with van der Waals surface area (Å²) in [5.74, 6) is -0.407. The summed E-state index contributed by atoms with van der Waals surface area (Å²) >= 11 is 11.9. The Kier molecular flexibility index (Phi) is 7.06. The second kappa shape index (κ2) is 9.27. The molecule has 2 aromatic carbocycles. The summed E-state index contributed by atoms with van der Waals surface area (Å²) in [6, 6.07) is 16.5. The van der Waals surface area contributed by atoms with Crippen molar-refractivity contribution in [3.05, 3.63) is 75.3 Å². The third kappa shape index (κ3) is 5.35. The molecule has 0 heterocycles. The molecule has 0 radical (unpaired) electrons. The standard InChI is InChI=1S/C20H18Cl2N2O/c1-2-6-19(15-7-4-3-5-8-15)24-20(25)16(13-23)11-14-9-10-17(21)18(22)12-14/h3-5,7-12,19H,2,6H2,1H3,(H,24,25)/b16-11+/t19-/m0/s1. The van der Waals surface area contributed by atoms with E-state index < -0.39 is 5.91 Å². The number of nitriles is 1. The van der Waals surface area contributed by atoms with Gasteiger partial charge in [-0.3, -0.25) is 4.79 Å². The van der Waals surface area contributed by atoms with Crippen LogP contribution in [0.4, 0.5) is 0 Å². The first-order valence-corrected chi connectivity index (χ1v) is 8.73. The van der Waals surface area contributed by atoms with E-state index >= 15 is 0 Å². The molecule has 25 heavy (non-hydrogen) atoms. The third-order valence-electron chi connectivity index (χ3n) is 3.70. The highest BCUT2D eigenvalue weighted by atomic mass is 35.5. The minimum absolute atomic E-state index is 0.0235. The molecule has 5 heteroatoms. The molecule has 0 fully saturated rings. The van der Waals surface area contributed by atoms with Crippen molar-refractivity contribution in [2.45, 2.75) is 25.8 Å². The number of halogens is 2. The first-order valence-electron chi connectivity index (χ1n) is 7.97. The number of nitrogens with zero attached hydrogens (tertiary/aromatic N) is 1. The van der Waals surface area contributed by atoms with Crippen molar-refractivity contribution < 1.29 is 4.79 Å². The highest BCUT2D eigenvalue weighted by molar-refractivity contribution is 6.42. The summed E-state index contributed by atoms with van der Waals surface area (Å²) in [7, 11) is 0. The van der Waals surface area contributed by atoms with Crippen LogP contribution in [-0.2, 0) is 4.79 Å². The maximum atomic E-state index is 12.5. The van der Waals surface area contributed by atoms with Gasteiger partial charge in [-0.15, -0.1) is 0 Å². The fourth-order valence-electron chi connectivity index (χ4n) is 2.45. The zero-order valence-electron chi connectivity index (χ0n) is 13.8. The number of hydrogen-bond donors (Lipinski definition) is 1. The smallest absolute Gasteiger partial charge is 0.262 e. The van der Waals surface area contributed by atoms with Gasteiger partial charge in [-0.05, 0) is 35.8 Å². The van der Waals surface area contributed by atoms with Gasteiger partial charge in [0.25, 0.3) is 5.91 Å². The largest absolute Gasteiger partial charge is 0.345 e. The lowest BCUT2D eigenvalue weighted by molar-refractivity contribution is -0.117. The molecule has 0 aromatic heterocycles. The second-order valence-electron chi connectivity index (χ2n) is 5.57. The lowest BCUT2D eigenvalue weighted by atomic mass is 10.0. The Morgan fingerprint density at radius 1 is 1.20 bits per heavy atom. The monoisotopic (exact) mass is 372 g/mol. The molecule has 0 bridgehead atoms. The Morgan fingerprint density at radius 2 is 1.92 bits per heavy atom. The van der Waals surface area contributed by atoms with Crippen molar-refractivity contribution in [3.8, 4) is 6.07 Å². The maximum absolute atomic E-state index is 12.5. The molecule has 1 N–H and O–H groups in total. The van der Waals surface area contributed by atoms with E-state index in [1.54, 1.807) is 18.2 Å². The third-order valence-corrected chi connectivity index (χ3v) is 4.44. The van der Waals surface area contributed by atoms with Crippen LogP contribution in [0.15, 0.2) is 54.1 Å². The molecule has 0 spiro atoms. The molecular formula is C20H18Cl2N2O. The van der Waals surface area contributed by atoms with E-state index in [2.05, 4.69) is 12.2 Å². The van der Waals surface area contributed by atoms with E-state index in [9.17, 15) is 10.1 Å². The predicted molar refractivity (Wildman–Crippen MR) is 102 cm³/mol. The summed E-state index contributed by atoms with van der Waals surface area (Å²) < 4.78 is 0. The lowest BCUT2D eigenvalue weighted by Crippen LogP contribution is -2.29. The van der Waals surface area contributed by atoms with Crippen molar-refractivity contribution in [2.75, 3.05) is 0 Å². The predicted octanol–water partition coefficient (Wildman–Crippen LogP) is 5.56. The van der Waals surface area contributed by atoms with E-state index in [-0.39, 0.29) is 11.6 Å². The van der Waals surface area contributed by atoms with Crippen molar-refractivity contribution in [2.24, 2.45) is 0 Å². The molecule has 0 aliphatic rings. The second-order valence-corrected chi connectivity index (χ2v) is 6.38. The topological polar surface area (TPSA) is 52.9 Å². The average Bonchev–Trinajstić information content (AvgIpc) is 2.62. The van der Waals surface area contributed by atoms with E-state index in [4.69, 9.17) is 23.2 Å². The van der Waals surface area contributed by atoms with Crippen LogP contribution in [0.3, 0.4) is 0 Å². The van der Waals surface area contributed by atoms with Crippen molar-refractivity contribution >= 4 is 35.2 Å². The first-order chi connectivity index (χ1) is 12.0. The van der Waals surface area contributed by atoms with Crippen LogP contribution in [-0.4, -0.2) is 5.91 Å². The number of nitrogens with one attached hydrogen (secondary N) is 1. The molecule has 2 rings (SSSR count). The van der Waals surface area contributed by atoms with Crippen LogP contribution in [0.25, 0.3) is 6.08 Å². The molecule has 3 nitrogen and oxygen atoms in total. The van der Waals surface area contributed by atoms with Crippen LogP contribution < -0.4 is 5.32 Å². The quantitative estimate of drug-likeness (QED) is 0.533. The van der Waals surface area contributed by atoms with Gasteiger partial charge in [0.1, 0.15) is 11.6 Å². The molecule has 0 saturated carbocycles. The summed E-state index contributed by atoms with van der Waals surface area (Å²) in [5.41, 5.74) is 1.69. The van der Waals surface area contributed by atoms with Gasteiger partial charge in [-0.2, -0.15) is 5.26 Å². The van der Waals surface area contributed by atoms with Crippen LogP contribution >= 0.6 is 23.2 Å². The van der Waals surface area contributed by atoms with Gasteiger partial charge in [-0.25, -0.2) is 0 Å². The SMILES string of the molecule is CCC[C@H](NC(=O)/C(C#N)=C/c1ccc(Cl)c(Cl)c1)c1ccccc1. The number of carbonyl (C=O) groups is 1. The Morgan fingerprint density at radius 3 is 2.52 bits per heavy atom. The molecular weight excluding hydrogens is 355 g/mol. The minimum Gasteiger partial charge on any atom is -0.345 e. The van der Waals surface area contributed by atoms with Crippen LogP contribution in [0.2, 0.25) is 10.0 Å². The molecule has 0 unspecified atom stereocenters. The molecule has 1 amide bonds. The fourth-order valence-corrected chi connectivity index (χ4v) is 2.76. The molecule has 0 aliphatic carbocycles. The Hall–Kier alpha value is -2.28. The van der Waals surface area contributed by atoms with E-state index in [1.165, 1.54) is 6.08 Å². The van der Waals surface area contributed by atoms with Gasteiger partial charge in [0.15, 0.2) is 0 Å². The Labute approximate surface area is 157 Å². The molecule has 128 valence electrons. The van der Waals surface area contributed by atoms with E-state index in [1.807, 2.05) is 36.4 Å². The maximum Gasteiger partial charge on any atom is 0.262 e. The van der Waals surface area contributed by atoms with Crippen LogP contribution in [0.1, 0.15) is 36.9 Å². The Bertz CT molecular complexity index is 810. The highest BCUT2D eigenvalue weighted by Gasteiger charge is 2.16. The average molecular weight is 373 g/mol. The summed E-state index contributed by atoms with van der Waals surface area (Å²) in [6.45, 7) is 2.05. The van der Waals surface area contributed by atoms with Gasteiger partial charge >= 0.3 is 0 Å². The number of hydrogen-bond acceptors (Lipinski definition) is 2. The van der Waals surface area contributed by atoms with Crippen LogP contribution in [0.5, 0.6) is 0 Å². The molecule has 0 saturated heterocycles. The van der Waals surface area contributed by atoms with Crippen molar-refractivity contribution in [3.63, 3.8) is 0 Å². The number of rotatable bonds is 6. The first kappa shape index (κ1) is 19.1. The summed E-state index contributed by atoms with van der Waals surface area (Å²) in [4.78, 5) is 12.5. The zero-order valence-corrected chi connectivity index (χ0v) is 15.3. The Balaban J connectivity index is 2.22. The number of benzene rings is 2. The normalized spacial score (nSPS) is 12.3. The van der Waals surface area contributed by atoms with Gasteiger partial charge in [0, 0.05) is 0 Å². The van der Waals surface area contributed by atoms with E-state index in [0.29, 0.717) is 15.6 Å². The lowest BCUT2D eigenvalue weighted by Gasteiger charge is -2.18. The molecule has 0 aliphatic heterocycles. The van der Waals surface area contributed by atoms with Gasteiger partial charge in [0.05, 0.1) is 16.1 Å². The molecule has 1 atom stereocenters. The number of amides is 1. The summed E-state index contributed by atoms with van der Waals surface area (Å²) in [5, 5.41) is 13.1. The van der Waals surface area contributed by atoms with E-state index in [0.717, 1.165) is 18.4 Å². The minimum atomic E-state index is -0.407. The number of carbonyl (C=O) groups excluding carboxylic acids is 1. The van der Waals surface area contributed by atoms with Crippen molar-refractivity contribution in [1.82, 2.24) is 5.32 Å².